The Labute approximate surface area is 83.6 Å². The molecule has 0 atom stereocenters. The van der Waals surface area contributed by atoms with E-state index in [2.05, 4.69) is 10.2 Å². The van der Waals surface area contributed by atoms with Gasteiger partial charge in [-0.3, -0.25) is 0 Å². The van der Waals surface area contributed by atoms with E-state index < -0.39 is 5.97 Å². The molecule has 72 valence electrons. The summed E-state index contributed by atoms with van der Waals surface area (Å²) in [5.74, 6) is -0.957. The Kier molecular flexibility index (Phi) is 2.05. The van der Waals surface area contributed by atoms with Gasteiger partial charge in [0.2, 0.25) is 0 Å². The molecule has 0 unspecified atom stereocenters. The Morgan fingerprint density at radius 1 is 1.50 bits per heavy atom. The summed E-state index contributed by atoms with van der Waals surface area (Å²) in [4.78, 5) is 13.1. The SMILES string of the molecule is Cc1cc(C(=O)O)c(-n2nccn2)s1. The van der Waals surface area contributed by atoms with Crippen LogP contribution in [0.4, 0.5) is 0 Å². The largest absolute Gasteiger partial charge is 0.478 e. The number of nitrogens with zero attached hydrogens (tertiary/aromatic N) is 3. The van der Waals surface area contributed by atoms with Crippen molar-refractivity contribution in [1.29, 1.82) is 0 Å². The average molecular weight is 209 g/mol. The molecule has 1 N–H and O–H groups in total. The van der Waals surface area contributed by atoms with Gasteiger partial charge < -0.3 is 5.11 Å². The maximum absolute atomic E-state index is 10.9. The van der Waals surface area contributed by atoms with E-state index in [1.807, 2.05) is 6.92 Å². The Hall–Kier alpha value is -1.69. The number of hydrogen-bond acceptors (Lipinski definition) is 4. The molecule has 0 saturated heterocycles. The molecule has 2 heterocycles. The summed E-state index contributed by atoms with van der Waals surface area (Å²) in [6.45, 7) is 1.85. The van der Waals surface area contributed by atoms with E-state index in [4.69, 9.17) is 5.11 Å². The zero-order valence-electron chi connectivity index (χ0n) is 7.34. The predicted molar refractivity (Wildman–Crippen MR) is 50.9 cm³/mol. The number of aromatic nitrogens is 3. The molecule has 0 aliphatic carbocycles. The first kappa shape index (κ1) is 8.89. The lowest BCUT2D eigenvalue weighted by atomic mass is 10.3. The summed E-state index contributed by atoms with van der Waals surface area (Å²) in [7, 11) is 0. The molecule has 0 radical (unpaired) electrons. The second kappa shape index (κ2) is 3.22. The van der Waals surface area contributed by atoms with E-state index >= 15 is 0 Å². The van der Waals surface area contributed by atoms with Crippen molar-refractivity contribution in [1.82, 2.24) is 15.0 Å². The molecule has 0 aliphatic heterocycles. The normalized spacial score (nSPS) is 10.4. The third-order valence-electron chi connectivity index (χ3n) is 1.67. The van der Waals surface area contributed by atoms with Crippen molar-refractivity contribution >= 4 is 17.3 Å². The van der Waals surface area contributed by atoms with Crippen LogP contribution in [0.5, 0.6) is 0 Å². The summed E-state index contributed by atoms with van der Waals surface area (Å²) in [5, 5.41) is 17.2. The highest BCUT2D eigenvalue weighted by Gasteiger charge is 2.15. The molecule has 0 fully saturated rings. The average Bonchev–Trinajstić information content (AvgIpc) is 2.70. The zero-order valence-corrected chi connectivity index (χ0v) is 8.15. The number of hydrogen-bond donors (Lipinski definition) is 1. The van der Waals surface area contributed by atoms with Crippen molar-refractivity contribution in [2.75, 3.05) is 0 Å². The second-order valence-corrected chi connectivity index (χ2v) is 3.93. The van der Waals surface area contributed by atoms with Crippen LogP contribution in [0, 0.1) is 6.92 Å². The maximum atomic E-state index is 10.9. The van der Waals surface area contributed by atoms with Crippen LogP contribution in [0.2, 0.25) is 0 Å². The molecular weight excluding hydrogens is 202 g/mol. The number of carboxylic acid groups (broad SMARTS) is 1. The van der Waals surface area contributed by atoms with Gasteiger partial charge in [-0.25, -0.2) is 4.79 Å². The van der Waals surface area contributed by atoms with Gasteiger partial charge in [-0.2, -0.15) is 10.2 Å². The van der Waals surface area contributed by atoms with Crippen molar-refractivity contribution in [2.24, 2.45) is 0 Å². The van der Waals surface area contributed by atoms with Crippen molar-refractivity contribution < 1.29 is 9.90 Å². The standard InChI is InChI=1S/C8H7N3O2S/c1-5-4-6(8(12)13)7(14-5)11-9-2-3-10-11/h2-4H,1H3,(H,12,13). The Balaban J connectivity index is 2.58. The van der Waals surface area contributed by atoms with Gasteiger partial charge in [0.15, 0.2) is 5.00 Å². The van der Waals surface area contributed by atoms with E-state index in [1.165, 1.54) is 28.5 Å². The molecule has 5 nitrogen and oxygen atoms in total. The number of aryl methyl sites for hydroxylation is 1. The van der Waals surface area contributed by atoms with Gasteiger partial charge in [0, 0.05) is 4.88 Å². The summed E-state index contributed by atoms with van der Waals surface area (Å²) < 4.78 is 0. The lowest BCUT2D eigenvalue weighted by Gasteiger charge is -1.95. The minimum atomic E-state index is -0.957. The smallest absolute Gasteiger partial charge is 0.338 e. The molecule has 0 amide bonds. The molecule has 2 aromatic heterocycles. The van der Waals surface area contributed by atoms with E-state index in [0.29, 0.717) is 5.00 Å². The first-order valence-corrected chi connectivity index (χ1v) is 4.70. The van der Waals surface area contributed by atoms with E-state index in [0.717, 1.165) is 4.88 Å². The highest BCUT2D eigenvalue weighted by Crippen LogP contribution is 2.24. The van der Waals surface area contributed by atoms with Gasteiger partial charge in [0.05, 0.1) is 18.0 Å². The zero-order chi connectivity index (χ0) is 10.1. The van der Waals surface area contributed by atoms with E-state index in [9.17, 15) is 4.79 Å². The van der Waals surface area contributed by atoms with Crippen molar-refractivity contribution in [2.45, 2.75) is 6.92 Å². The van der Waals surface area contributed by atoms with Crippen LogP contribution in [-0.2, 0) is 0 Å². The first-order chi connectivity index (χ1) is 6.68. The number of aromatic carboxylic acids is 1. The van der Waals surface area contributed by atoms with Crippen molar-refractivity contribution in [3.8, 4) is 5.00 Å². The molecule has 0 aliphatic rings. The monoisotopic (exact) mass is 209 g/mol. The Morgan fingerprint density at radius 3 is 2.71 bits per heavy atom. The highest BCUT2D eigenvalue weighted by atomic mass is 32.1. The molecule has 6 heteroatoms. The molecule has 2 aromatic rings. The second-order valence-electron chi connectivity index (χ2n) is 2.70. The number of carbonyl (C=O) groups is 1. The lowest BCUT2D eigenvalue weighted by molar-refractivity contribution is 0.0697. The molecule has 14 heavy (non-hydrogen) atoms. The molecular formula is C8H7N3O2S. The fourth-order valence-corrected chi connectivity index (χ4v) is 2.04. The molecule has 0 bridgehead atoms. The van der Waals surface area contributed by atoms with Crippen LogP contribution in [-0.4, -0.2) is 26.1 Å². The van der Waals surface area contributed by atoms with Crippen LogP contribution >= 0.6 is 11.3 Å². The fourth-order valence-electron chi connectivity index (χ4n) is 1.12. The summed E-state index contributed by atoms with van der Waals surface area (Å²) in [5.41, 5.74) is 0.240. The minimum absolute atomic E-state index is 0.240. The fraction of sp³-hybridized carbons (Fsp3) is 0.125. The third kappa shape index (κ3) is 1.39. The summed E-state index contributed by atoms with van der Waals surface area (Å²) in [6.07, 6.45) is 3.03. The van der Waals surface area contributed by atoms with Gasteiger partial charge in [-0.05, 0) is 13.0 Å². The van der Waals surface area contributed by atoms with E-state index in [1.54, 1.807) is 6.07 Å². The Bertz CT molecular complexity index is 461. The number of rotatable bonds is 2. The first-order valence-electron chi connectivity index (χ1n) is 3.89. The van der Waals surface area contributed by atoms with Crippen LogP contribution in [0.25, 0.3) is 5.00 Å². The van der Waals surface area contributed by atoms with Crippen molar-refractivity contribution in [3.63, 3.8) is 0 Å². The number of thiophene rings is 1. The van der Waals surface area contributed by atoms with Crippen LogP contribution in [0.15, 0.2) is 18.5 Å². The third-order valence-corrected chi connectivity index (χ3v) is 2.68. The summed E-state index contributed by atoms with van der Waals surface area (Å²) >= 11 is 1.36. The quantitative estimate of drug-likeness (QED) is 0.810. The minimum Gasteiger partial charge on any atom is -0.478 e. The van der Waals surface area contributed by atoms with Gasteiger partial charge in [0.1, 0.15) is 0 Å². The Morgan fingerprint density at radius 2 is 2.14 bits per heavy atom. The van der Waals surface area contributed by atoms with Gasteiger partial charge in [0.25, 0.3) is 0 Å². The molecule has 0 aromatic carbocycles. The van der Waals surface area contributed by atoms with E-state index in [-0.39, 0.29) is 5.56 Å². The topological polar surface area (TPSA) is 68.0 Å². The van der Waals surface area contributed by atoms with Gasteiger partial charge in [-0.15, -0.1) is 16.1 Å². The van der Waals surface area contributed by atoms with Crippen LogP contribution in [0.3, 0.4) is 0 Å². The van der Waals surface area contributed by atoms with Crippen LogP contribution < -0.4 is 0 Å². The maximum Gasteiger partial charge on any atom is 0.338 e. The molecule has 0 spiro atoms. The number of carboxylic acids is 1. The summed E-state index contributed by atoms with van der Waals surface area (Å²) in [6, 6.07) is 1.62. The molecule has 0 saturated carbocycles. The lowest BCUT2D eigenvalue weighted by Crippen LogP contribution is -2.03. The van der Waals surface area contributed by atoms with Crippen molar-refractivity contribution in [3.05, 3.63) is 28.9 Å². The van der Waals surface area contributed by atoms with Gasteiger partial charge >= 0.3 is 5.97 Å². The molecule has 2 rings (SSSR count). The van der Waals surface area contributed by atoms with Crippen LogP contribution in [0.1, 0.15) is 15.2 Å². The van der Waals surface area contributed by atoms with Gasteiger partial charge in [-0.1, -0.05) is 0 Å². The highest BCUT2D eigenvalue weighted by molar-refractivity contribution is 7.14. The predicted octanol–water partition coefficient (Wildman–Crippen LogP) is 1.34.